The molecule has 0 N–H and O–H groups in total. The van der Waals surface area contributed by atoms with Crippen molar-refractivity contribution < 1.29 is 13.3 Å². The van der Waals surface area contributed by atoms with E-state index in [4.69, 9.17) is 13.3 Å². The zero-order valence-corrected chi connectivity index (χ0v) is 17.8. The summed E-state index contributed by atoms with van der Waals surface area (Å²) in [6.45, 7) is 8.38. The van der Waals surface area contributed by atoms with Crippen LogP contribution >= 0.6 is 47.8 Å². The average molecular weight is 485 g/mol. The maximum absolute atomic E-state index is 6.01. The van der Waals surface area contributed by atoms with Crippen molar-refractivity contribution in [2.24, 2.45) is 0 Å². The summed E-state index contributed by atoms with van der Waals surface area (Å²) >= 11 is 10.6. The highest BCUT2D eigenvalue weighted by Crippen LogP contribution is 2.40. The van der Waals surface area contributed by atoms with Crippen molar-refractivity contribution in [1.29, 1.82) is 0 Å². The second-order valence-electron chi connectivity index (χ2n) is 4.34. The minimum atomic E-state index is -2.56. The summed E-state index contributed by atoms with van der Waals surface area (Å²) in [6.07, 6.45) is 3.75. The minimum Gasteiger partial charge on any atom is -0.373 e. The van der Waals surface area contributed by atoms with Crippen LogP contribution in [0.3, 0.4) is 0 Å². The lowest BCUT2D eigenvalue weighted by Gasteiger charge is -2.30. The molecule has 0 rings (SSSR count). The van der Waals surface area contributed by atoms with Gasteiger partial charge in [0.15, 0.2) is 0 Å². The van der Waals surface area contributed by atoms with E-state index >= 15 is 0 Å². The van der Waals surface area contributed by atoms with Crippen molar-refractivity contribution in [3.05, 3.63) is 0 Å². The Morgan fingerprint density at radius 1 is 0.789 bits per heavy atom. The van der Waals surface area contributed by atoms with Gasteiger partial charge in [-0.3, -0.25) is 0 Å². The highest BCUT2D eigenvalue weighted by Gasteiger charge is 2.42. The Labute approximate surface area is 143 Å². The van der Waals surface area contributed by atoms with E-state index in [2.05, 4.69) is 68.6 Å². The van der Waals surface area contributed by atoms with Crippen LogP contribution in [0.2, 0.25) is 6.04 Å². The number of hydrogen-bond acceptors (Lipinski definition) is 3. The van der Waals surface area contributed by atoms with Crippen LogP contribution in [-0.2, 0) is 13.3 Å². The summed E-state index contributed by atoms with van der Waals surface area (Å²) in [5.74, 6) is 0. The molecule has 19 heavy (non-hydrogen) atoms. The molecule has 0 amide bonds. The molecule has 7 heteroatoms. The molecule has 0 aliphatic rings. The fraction of sp³-hybridized carbons (Fsp3) is 1.00. The molecule has 0 atom stereocenters. The Balaban J connectivity index is 4.66. The van der Waals surface area contributed by atoms with Gasteiger partial charge < -0.3 is 13.3 Å². The first-order valence-electron chi connectivity index (χ1n) is 6.87. The quantitative estimate of drug-likeness (QED) is 0.289. The summed E-state index contributed by atoms with van der Waals surface area (Å²) in [5.41, 5.74) is 0. The van der Waals surface area contributed by atoms with Gasteiger partial charge in [-0.2, -0.15) is 0 Å². The van der Waals surface area contributed by atoms with Crippen LogP contribution in [-0.4, -0.2) is 30.8 Å². The van der Waals surface area contributed by atoms with Crippen LogP contribution in [0.1, 0.15) is 46.5 Å². The molecule has 0 spiro atoms. The summed E-state index contributed by atoms with van der Waals surface area (Å²) < 4.78 is 17.8. The molecular formula is C12H25Br3O3Si. The summed E-state index contributed by atoms with van der Waals surface area (Å²) in [4.78, 5) is 0. The van der Waals surface area contributed by atoms with E-state index in [0.29, 0.717) is 19.8 Å². The molecule has 3 nitrogen and oxygen atoms in total. The van der Waals surface area contributed by atoms with Gasteiger partial charge in [-0.05, 0) is 25.7 Å². The topological polar surface area (TPSA) is 27.7 Å². The molecule has 0 heterocycles. The molecule has 0 aliphatic heterocycles. The van der Waals surface area contributed by atoms with Gasteiger partial charge >= 0.3 is 8.80 Å². The predicted molar refractivity (Wildman–Crippen MR) is 93.4 cm³/mol. The van der Waals surface area contributed by atoms with Gasteiger partial charge in [0, 0.05) is 25.9 Å². The summed E-state index contributed by atoms with van der Waals surface area (Å²) in [6, 6.07) is 0.786. The number of alkyl halides is 3. The minimum absolute atomic E-state index is 0.272. The summed E-state index contributed by atoms with van der Waals surface area (Å²) in [5, 5.41) is 0. The SMILES string of the molecule is CCCO[Si](CCC(Br)(Br)Br)(OCCC)OCCC. The molecule has 0 aromatic heterocycles. The molecule has 116 valence electrons. The Morgan fingerprint density at radius 3 is 1.42 bits per heavy atom. The Bertz CT molecular complexity index is 203. The molecular weight excluding hydrogens is 460 g/mol. The lowest BCUT2D eigenvalue weighted by atomic mass is 10.5. The van der Waals surface area contributed by atoms with E-state index in [1.54, 1.807) is 0 Å². The lowest BCUT2D eigenvalue weighted by molar-refractivity contribution is 0.0590. The molecule has 0 aromatic carbocycles. The van der Waals surface area contributed by atoms with E-state index < -0.39 is 8.80 Å². The molecule has 0 unspecified atom stereocenters. The Kier molecular flexibility index (Phi) is 12.1. The first-order valence-corrected chi connectivity index (χ1v) is 11.2. The smallest absolute Gasteiger partial charge is 0.373 e. The third kappa shape index (κ3) is 10.8. The van der Waals surface area contributed by atoms with E-state index in [1.165, 1.54) is 0 Å². The van der Waals surface area contributed by atoms with Crippen LogP contribution in [0, 0.1) is 0 Å². The third-order valence-electron chi connectivity index (χ3n) is 2.29. The first kappa shape index (κ1) is 20.5. The standard InChI is InChI=1S/C12H25Br3O3Si/c1-4-8-16-19(17-9-5-2,18-10-6-3)11-7-12(13,14)15/h4-11H2,1-3H3. The van der Waals surface area contributed by atoms with Crippen LogP contribution in [0.25, 0.3) is 0 Å². The van der Waals surface area contributed by atoms with Crippen LogP contribution in [0.4, 0.5) is 0 Å². The second-order valence-corrected chi connectivity index (χ2v) is 14.3. The van der Waals surface area contributed by atoms with E-state index in [1.807, 2.05) is 0 Å². The van der Waals surface area contributed by atoms with Gasteiger partial charge in [0.25, 0.3) is 0 Å². The third-order valence-corrected chi connectivity index (χ3v) is 6.28. The van der Waals surface area contributed by atoms with Crippen molar-refractivity contribution >= 4 is 56.6 Å². The zero-order chi connectivity index (χ0) is 14.8. The zero-order valence-electron chi connectivity index (χ0n) is 12.0. The average Bonchev–Trinajstić information content (AvgIpc) is 2.36. The number of rotatable bonds is 11. The Morgan fingerprint density at radius 2 is 1.16 bits per heavy atom. The van der Waals surface area contributed by atoms with Gasteiger partial charge in [0.05, 0.1) is 0 Å². The normalized spacial score (nSPS) is 12.9. The molecule has 0 bridgehead atoms. The first-order chi connectivity index (χ1) is 8.89. The molecule has 0 fully saturated rings. The molecule has 0 aromatic rings. The second kappa shape index (κ2) is 11.2. The van der Waals surface area contributed by atoms with Gasteiger partial charge in [0.2, 0.25) is 0 Å². The molecule has 0 saturated carbocycles. The van der Waals surface area contributed by atoms with Crippen LogP contribution in [0.5, 0.6) is 0 Å². The maximum Gasteiger partial charge on any atom is 0.501 e. The van der Waals surface area contributed by atoms with Gasteiger partial charge in [-0.25, -0.2) is 0 Å². The fourth-order valence-corrected chi connectivity index (χ4v) is 6.01. The summed E-state index contributed by atoms with van der Waals surface area (Å²) in [7, 11) is -2.56. The maximum atomic E-state index is 6.01. The predicted octanol–water partition coefficient (Wildman–Crippen LogP) is 5.43. The monoisotopic (exact) mass is 482 g/mol. The highest BCUT2D eigenvalue weighted by molar-refractivity contribution is 9.39. The van der Waals surface area contributed by atoms with E-state index in [-0.39, 0.29) is 2.14 Å². The molecule has 0 radical (unpaired) electrons. The van der Waals surface area contributed by atoms with Crippen molar-refractivity contribution in [2.45, 2.75) is 54.6 Å². The number of hydrogen-bond donors (Lipinski definition) is 0. The molecule has 0 saturated heterocycles. The number of halogens is 3. The van der Waals surface area contributed by atoms with Crippen molar-refractivity contribution in [2.75, 3.05) is 19.8 Å². The van der Waals surface area contributed by atoms with Crippen molar-refractivity contribution in [3.8, 4) is 0 Å². The van der Waals surface area contributed by atoms with E-state index in [0.717, 1.165) is 31.7 Å². The highest BCUT2D eigenvalue weighted by atomic mass is 80.0. The van der Waals surface area contributed by atoms with E-state index in [9.17, 15) is 0 Å². The van der Waals surface area contributed by atoms with Crippen LogP contribution < -0.4 is 0 Å². The van der Waals surface area contributed by atoms with Gasteiger partial charge in [0.1, 0.15) is 2.14 Å². The Hall–Kier alpha value is 1.54. The fourth-order valence-electron chi connectivity index (χ4n) is 1.41. The largest absolute Gasteiger partial charge is 0.501 e. The van der Waals surface area contributed by atoms with Gasteiger partial charge in [-0.1, -0.05) is 68.6 Å². The molecule has 0 aliphatic carbocycles. The van der Waals surface area contributed by atoms with Crippen molar-refractivity contribution in [1.82, 2.24) is 0 Å². The lowest BCUT2D eigenvalue weighted by Crippen LogP contribution is -2.47. The van der Waals surface area contributed by atoms with Crippen LogP contribution in [0.15, 0.2) is 0 Å². The van der Waals surface area contributed by atoms with Gasteiger partial charge in [-0.15, -0.1) is 0 Å². The van der Waals surface area contributed by atoms with Crippen molar-refractivity contribution in [3.63, 3.8) is 0 Å².